The molecular formula is C15H19FN2O. The zero-order chi connectivity index (χ0) is 14.2. The topological polar surface area (TPSA) is 45.9 Å². The molecule has 0 N–H and O–H groups in total. The van der Waals surface area contributed by atoms with Gasteiger partial charge in [0.25, 0.3) is 0 Å². The van der Waals surface area contributed by atoms with Crippen molar-refractivity contribution >= 4 is 0 Å². The fraction of sp³-hybridized carbons (Fsp3) is 0.600. The highest BCUT2D eigenvalue weighted by molar-refractivity contribution is 5.43. The number of rotatable bonds is 1. The third-order valence-corrected chi connectivity index (χ3v) is 3.38. The van der Waals surface area contributed by atoms with E-state index in [9.17, 15) is 9.65 Å². The van der Waals surface area contributed by atoms with Crippen LogP contribution in [0.5, 0.6) is 5.75 Å². The van der Waals surface area contributed by atoms with E-state index in [-0.39, 0.29) is 17.6 Å². The Morgan fingerprint density at radius 1 is 1.47 bits per heavy atom. The molecule has 1 aliphatic rings. The molecule has 3 nitrogen and oxygen atoms in total. The van der Waals surface area contributed by atoms with Crippen molar-refractivity contribution in [3.63, 3.8) is 0 Å². The van der Waals surface area contributed by atoms with Crippen LogP contribution >= 0.6 is 0 Å². The zero-order valence-electron chi connectivity index (χ0n) is 11.8. The van der Waals surface area contributed by atoms with Gasteiger partial charge < -0.3 is 4.74 Å². The maximum Gasteiger partial charge on any atom is 0.183 e. The summed E-state index contributed by atoms with van der Waals surface area (Å²) in [6.07, 6.45) is 2.74. The number of hydrogen-bond acceptors (Lipinski definition) is 3. The van der Waals surface area contributed by atoms with Gasteiger partial charge in [-0.05, 0) is 39.5 Å². The monoisotopic (exact) mass is 262 g/mol. The average Bonchev–Trinajstić information content (AvgIpc) is 2.31. The summed E-state index contributed by atoms with van der Waals surface area (Å²) in [5.41, 5.74) is 0.975. The van der Waals surface area contributed by atoms with Crippen LogP contribution in [0.2, 0.25) is 0 Å². The molecule has 0 amide bonds. The molecule has 0 radical (unpaired) electrons. The third-order valence-electron chi connectivity index (χ3n) is 3.38. The van der Waals surface area contributed by atoms with Crippen LogP contribution in [-0.4, -0.2) is 10.6 Å². The molecule has 0 saturated carbocycles. The molecule has 1 heterocycles. The van der Waals surface area contributed by atoms with Gasteiger partial charge >= 0.3 is 0 Å². The van der Waals surface area contributed by atoms with E-state index in [1.807, 2.05) is 27.7 Å². The highest BCUT2D eigenvalue weighted by atomic mass is 19.1. The molecule has 0 spiro atoms. The molecule has 19 heavy (non-hydrogen) atoms. The lowest BCUT2D eigenvalue weighted by Crippen LogP contribution is -2.27. The van der Waals surface area contributed by atoms with Crippen LogP contribution in [0.25, 0.3) is 0 Å². The maximum atomic E-state index is 14.0. The van der Waals surface area contributed by atoms with Gasteiger partial charge in [0, 0.05) is 5.56 Å². The number of nitrogens with zero attached hydrogens (tertiary/aromatic N) is 2. The number of halogens is 1. The molecule has 1 aliphatic carbocycles. The third kappa shape index (κ3) is 2.70. The normalized spacial score (nSPS) is 22.5. The second-order valence-electron chi connectivity index (χ2n) is 6.14. The largest absolute Gasteiger partial charge is 0.485 e. The predicted octanol–water partition coefficient (Wildman–Crippen LogP) is 3.59. The SMILES string of the molecule is CC1CCc2c(ncc(F)c2OC(C)(C)C)C1C#N. The van der Waals surface area contributed by atoms with Gasteiger partial charge in [-0.1, -0.05) is 6.92 Å². The van der Waals surface area contributed by atoms with Crippen LogP contribution in [0.1, 0.15) is 51.3 Å². The minimum atomic E-state index is -0.471. The minimum Gasteiger partial charge on any atom is -0.485 e. The number of nitriles is 1. The van der Waals surface area contributed by atoms with Crippen LogP contribution in [0, 0.1) is 23.1 Å². The summed E-state index contributed by atoms with van der Waals surface area (Å²) >= 11 is 0. The summed E-state index contributed by atoms with van der Waals surface area (Å²) < 4.78 is 19.7. The lowest BCUT2D eigenvalue weighted by Gasteiger charge is -2.30. The van der Waals surface area contributed by atoms with Crippen molar-refractivity contribution in [1.29, 1.82) is 5.26 Å². The van der Waals surface area contributed by atoms with E-state index >= 15 is 0 Å². The van der Waals surface area contributed by atoms with Gasteiger partial charge in [0.05, 0.1) is 23.9 Å². The van der Waals surface area contributed by atoms with Gasteiger partial charge in [-0.25, -0.2) is 4.39 Å². The summed E-state index contributed by atoms with van der Waals surface area (Å²) in [5.74, 6) is -0.200. The van der Waals surface area contributed by atoms with Crippen molar-refractivity contribution in [3.8, 4) is 11.8 Å². The molecule has 2 rings (SSSR count). The van der Waals surface area contributed by atoms with E-state index in [1.165, 1.54) is 6.20 Å². The Hall–Kier alpha value is -1.63. The summed E-state index contributed by atoms with van der Waals surface area (Å²) in [5, 5.41) is 9.28. The number of hydrogen-bond donors (Lipinski definition) is 0. The van der Waals surface area contributed by atoms with Crippen LogP contribution in [0.3, 0.4) is 0 Å². The van der Waals surface area contributed by atoms with Gasteiger partial charge in [0.1, 0.15) is 5.60 Å². The van der Waals surface area contributed by atoms with Crippen LogP contribution in [0.4, 0.5) is 4.39 Å². The van der Waals surface area contributed by atoms with E-state index in [1.54, 1.807) is 0 Å². The van der Waals surface area contributed by atoms with Crippen molar-refractivity contribution in [2.24, 2.45) is 5.92 Å². The number of fused-ring (bicyclic) bond motifs is 1. The minimum absolute atomic E-state index is 0.248. The molecule has 4 heteroatoms. The summed E-state index contributed by atoms with van der Waals surface area (Å²) in [6, 6.07) is 2.28. The molecule has 102 valence electrons. The van der Waals surface area contributed by atoms with Crippen molar-refractivity contribution in [2.45, 2.75) is 52.1 Å². The highest BCUT2D eigenvalue weighted by Crippen LogP contribution is 2.40. The standard InChI is InChI=1S/C15H19FN2O/c1-9-5-6-10-13(11(9)7-17)18-8-12(16)14(10)19-15(2,3)4/h8-9,11H,5-6H2,1-4H3. The Morgan fingerprint density at radius 3 is 2.74 bits per heavy atom. The molecular weight excluding hydrogens is 243 g/mol. The number of ether oxygens (including phenoxy) is 1. The molecule has 0 aromatic carbocycles. The van der Waals surface area contributed by atoms with Gasteiger partial charge in [-0.3, -0.25) is 4.98 Å². The zero-order valence-corrected chi connectivity index (χ0v) is 11.8. The Labute approximate surface area is 113 Å². The summed E-state index contributed by atoms with van der Waals surface area (Å²) in [7, 11) is 0. The van der Waals surface area contributed by atoms with Crippen LogP contribution < -0.4 is 4.74 Å². The first-order valence-corrected chi connectivity index (χ1v) is 6.59. The van der Waals surface area contributed by atoms with E-state index in [2.05, 4.69) is 11.1 Å². The molecule has 2 atom stereocenters. The summed E-state index contributed by atoms with van der Waals surface area (Å²) in [6.45, 7) is 7.68. The molecule has 0 fully saturated rings. The lowest BCUT2D eigenvalue weighted by molar-refractivity contribution is 0.121. The van der Waals surface area contributed by atoms with E-state index in [0.717, 1.165) is 12.0 Å². The van der Waals surface area contributed by atoms with Crippen molar-refractivity contribution in [2.75, 3.05) is 0 Å². The quantitative estimate of drug-likeness (QED) is 0.777. The molecule has 0 saturated heterocycles. The second-order valence-corrected chi connectivity index (χ2v) is 6.14. The van der Waals surface area contributed by atoms with E-state index < -0.39 is 11.4 Å². The van der Waals surface area contributed by atoms with Gasteiger partial charge in [0.2, 0.25) is 0 Å². The van der Waals surface area contributed by atoms with Crippen LogP contribution in [-0.2, 0) is 6.42 Å². The van der Waals surface area contributed by atoms with Crippen molar-refractivity contribution in [1.82, 2.24) is 4.98 Å². The van der Waals surface area contributed by atoms with Crippen molar-refractivity contribution < 1.29 is 9.13 Å². The Kier molecular flexibility index (Phi) is 3.49. The lowest BCUT2D eigenvalue weighted by atomic mass is 9.79. The number of pyridine rings is 1. The molecule has 2 unspecified atom stereocenters. The first kappa shape index (κ1) is 13.8. The number of aromatic nitrogens is 1. The first-order chi connectivity index (χ1) is 8.83. The van der Waals surface area contributed by atoms with E-state index in [4.69, 9.17) is 4.74 Å². The Morgan fingerprint density at radius 2 is 2.16 bits per heavy atom. The van der Waals surface area contributed by atoms with Crippen molar-refractivity contribution in [3.05, 3.63) is 23.3 Å². The fourth-order valence-corrected chi connectivity index (χ4v) is 2.45. The maximum absolute atomic E-state index is 14.0. The molecule has 1 aromatic heterocycles. The molecule has 0 bridgehead atoms. The van der Waals surface area contributed by atoms with Gasteiger partial charge in [0.15, 0.2) is 11.6 Å². The van der Waals surface area contributed by atoms with Gasteiger partial charge in [-0.2, -0.15) is 5.26 Å². The Balaban J connectivity index is 2.52. The first-order valence-electron chi connectivity index (χ1n) is 6.59. The Bertz CT molecular complexity index is 528. The van der Waals surface area contributed by atoms with Gasteiger partial charge in [-0.15, -0.1) is 0 Å². The summed E-state index contributed by atoms with van der Waals surface area (Å²) in [4.78, 5) is 4.13. The molecule has 1 aromatic rings. The fourth-order valence-electron chi connectivity index (χ4n) is 2.45. The predicted molar refractivity (Wildman–Crippen MR) is 70.4 cm³/mol. The smallest absolute Gasteiger partial charge is 0.183 e. The average molecular weight is 262 g/mol. The molecule has 0 aliphatic heterocycles. The van der Waals surface area contributed by atoms with E-state index in [0.29, 0.717) is 12.1 Å². The highest BCUT2D eigenvalue weighted by Gasteiger charge is 2.32. The van der Waals surface area contributed by atoms with Crippen LogP contribution in [0.15, 0.2) is 6.20 Å². The second kappa shape index (κ2) is 4.80.